The third-order valence-electron chi connectivity index (χ3n) is 3.00. The number of aldehydes is 1. The molecule has 1 N–H and O–H groups in total. The van der Waals surface area contributed by atoms with Gasteiger partial charge in [0.05, 0.1) is 14.2 Å². The summed E-state index contributed by atoms with van der Waals surface area (Å²) in [6.07, 6.45) is 0.649. The summed E-state index contributed by atoms with van der Waals surface area (Å²) < 4.78 is 15.8. The van der Waals surface area contributed by atoms with Crippen molar-refractivity contribution in [3.05, 3.63) is 36.1 Å². The minimum absolute atomic E-state index is 0.265. The Labute approximate surface area is 136 Å². The van der Waals surface area contributed by atoms with E-state index in [1.807, 2.05) is 12.1 Å². The van der Waals surface area contributed by atoms with Crippen LogP contribution in [0.15, 0.2) is 45.0 Å². The van der Waals surface area contributed by atoms with Crippen molar-refractivity contribution in [1.29, 1.82) is 0 Å². The molecule has 0 aliphatic carbocycles. The van der Waals surface area contributed by atoms with Gasteiger partial charge in [0.2, 0.25) is 5.16 Å². The van der Waals surface area contributed by atoms with Gasteiger partial charge in [-0.3, -0.25) is 9.89 Å². The molecule has 2 aromatic heterocycles. The first kappa shape index (κ1) is 15.2. The van der Waals surface area contributed by atoms with Crippen LogP contribution in [0.4, 0.5) is 0 Å². The van der Waals surface area contributed by atoms with Crippen LogP contribution >= 0.6 is 11.8 Å². The molecule has 2 heterocycles. The third-order valence-corrected chi connectivity index (χ3v) is 3.79. The van der Waals surface area contributed by atoms with Gasteiger partial charge in [0, 0.05) is 11.6 Å². The second kappa shape index (κ2) is 6.57. The van der Waals surface area contributed by atoms with E-state index in [4.69, 9.17) is 13.9 Å². The number of rotatable bonds is 6. The van der Waals surface area contributed by atoms with E-state index in [-0.39, 0.29) is 5.76 Å². The summed E-state index contributed by atoms with van der Waals surface area (Å²) in [4.78, 5) is 15.0. The number of hydrogen-bond acceptors (Lipinski definition) is 7. The molecule has 0 bridgehead atoms. The predicted molar refractivity (Wildman–Crippen MR) is 83.1 cm³/mol. The molecule has 7 nitrogen and oxygen atoms in total. The molecule has 1 aromatic carbocycles. The number of aromatic amines is 1. The van der Waals surface area contributed by atoms with Crippen molar-refractivity contribution in [3.63, 3.8) is 0 Å². The SMILES string of the molecule is COc1cc(OC)cc(-c2nc(Sc3ccc(C=O)o3)n[nH]2)c1. The number of aromatic nitrogens is 3. The van der Waals surface area contributed by atoms with Crippen LogP contribution in [0.2, 0.25) is 0 Å². The molecule has 0 unspecified atom stereocenters. The maximum Gasteiger partial charge on any atom is 0.216 e. The van der Waals surface area contributed by atoms with E-state index in [1.54, 1.807) is 32.4 Å². The fourth-order valence-corrected chi connectivity index (χ4v) is 2.59. The summed E-state index contributed by atoms with van der Waals surface area (Å²) in [5.41, 5.74) is 0.786. The minimum Gasteiger partial charge on any atom is -0.497 e. The van der Waals surface area contributed by atoms with Gasteiger partial charge in [0.1, 0.15) is 11.5 Å². The number of nitrogens with zero attached hydrogens (tertiary/aromatic N) is 2. The highest BCUT2D eigenvalue weighted by Crippen LogP contribution is 2.30. The molecule has 0 spiro atoms. The highest BCUT2D eigenvalue weighted by Gasteiger charge is 2.12. The van der Waals surface area contributed by atoms with E-state index in [0.29, 0.717) is 33.9 Å². The van der Waals surface area contributed by atoms with Crippen LogP contribution in [0, 0.1) is 0 Å². The van der Waals surface area contributed by atoms with E-state index >= 15 is 0 Å². The lowest BCUT2D eigenvalue weighted by atomic mass is 10.2. The molecular weight excluding hydrogens is 318 g/mol. The number of furan rings is 1. The van der Waals surface area contributed by atoms with Crippen molar-refractivity contribution in [1.82, 2.24) is 15.2 Å². The van der Waals surface area contributed by atoms with Crippen LogP contribution in [0.3, 0.4) is 0 Å². The topological polar surface area (TPSA) is 90.2 Å². The highest BCUT2D eigenvalue weighted by atomic mass is 32.2. The lowest BCUT2D eigenvalue weighted by Crippen LogP contribution is -1.89. The van der Waals surface area contributed by atoms with Crippen LogP contribution in [0.25, 0.3) is 11.4 Å². The van der Waals surface area contributed by atoms with Crippen LogP contribution in [0.1, 0.15) is 10.6 Å². The monoisotopic (exact) mass is 331 g/mol. The number of carbonyl (C=O) groups excluding carboxylic acids is 1. The van der Waals surface area contributed by atoms with Crippen LogP contribution < -0.4 is 9.47 Å². The van der Waals surface area contributed by atoms with E-state index in [2.05, 4.69) is 15.2 Å². The second-order valence-electron chi connectivity index (χ2n) is 4.44. The van der Waals surface area contributed by atoms with E-state index in [0.717, 1.165) is 5.56 Å². The van der Waals surface area contributed by atoms with Gasteiger partial charge >= 0.3 is 0 Å². The Morgan fingerprint density at radius 3 is 2.52 bits per heavy atom. The van der Waals surface area contributed by atoms with Crippen molar-refractivity contribution in [3.8, 4) is 22.9 Å². The average molecular weight is 331 g/mol. The first-order valence-corrected chi connectivity index (χ1v) is 7.42. The largest absolute Gasteiger partial charge is 0.497 e. The van der Waals surface area contributed by atoms with Crippen molar-refractivity contribution in [2.45, 2.75) is 10.2 Å². The lowest BCUT2D eigenvalue weighted by molar-refractivity contribution is 0.109. The highest BCUT2D eigenvalue weighted by molar-refractivity contribution is 7.99. The van der Waals surface area contributed by atoms with Gasteiger partial charge in [-0.1, -0.05) is 0 Å². The summed E-state index contributed by atoms with van der Waals surface area (Å²) in [6, 6.07) is 8.72. The maximum atomic E-state index is 10.6. The molecule has 0 aliphatic heterocycles. The van der Waals surface area contributed by atoms with E-state index in [1.165, 1.54) is 11.8 Å². The second-order valence-corrected chi connectivity index (χ2v) is 5.42. The molecule has 0 radical (unpaired) electrons. The van der Waals surface area contributed by atoms with Gasteiger partial charge in [0.25, 0.3) is 0 Å². The summed E-state index contributed by atoms with van der Waals surface area (Å²) in [6.45, 7) is 0. The number of nitrogens with one attached hydrogen (secondary N) is 1. The first-order valence-electron chi connectivity index (χ1n) is 6.60. The van der Waals surface area contributed by atoms with Gasteiger partial charge in [-0.2, -0.15) is 0 Å². The number of benzene rings is 1. The molecule has 118 valence electrons. The third kappa shape index (κ3) is 3.37. The maximum absolute atomic E-state index is 10.6. The number of methoxy groups -OCH3 is 2. The van der Waals surface area contributed by atoms with Crippen LogP contribution in [0.5, 0.6) is 11.5 Å². The number of H-pyrrole nitrogens is 1. The van der Waals surface area contributed by atoms with Gasteiger partial charge < -0.3 is 13.9 Å². The van der Waals surface area contributed by atoms with Gasteiger partial charge in [-0.25, -0.2) is 4.98 Å². The van der Waals surface area contributed by atoms with E-state index in [9.17, 15) is 4.79 Å². The predicted octanol–water partition coefficient (Wildman–Crippen LogP) is 3.05. The number of carbonyl (C=O) groups is 1. The van der Waals surface area contributed by atoms with Crippen LogP contribution in [-0.4, -0.2) is 35.7 Å². The van der Waals surface area contributed by atoms with Crippen molar-refractivity contribution in [2.24, 2.45) is 0 Å². The molecule has 0 fully saturated rings. The Morgan fingerprint density at radius 1 is 1.17 bits per heavy atom. The van der Waals surface area contributed by atoms with Crippen LogP contribution in [-0.2, 0) is 0 Å². The van der Waals surface area contributed by atoms with Gasteiger partial charge in [-0.15, -0.1) is 5.10 Å². The standard InChI is InChI=1S/C15H13N3O4S/c1-20-11-5-9(6-12(7-11)21-2)14-16-15(18-17-14)23-13-4-3-10(8-19)22-13/h3-8H,1-2H3,(H,16,17,18). The zero-order valence-electron chi connectivity index (χ0n) is 12.4. The zero-order valence-corrected chi connectivity index (χ0v) is 13.2. The van der Waals surface area contributed by atoms with E-state index < -0.39 is 0 Å². The number of hydrogen-bond donors (Lipinski definition) is 1. The van der Waals surface area contributed by atoms with Crippen molar-refractivity contribution < 1.29 is 18.7 Å². The molecule has 0 atom stereocenters. The minimum atomic E-state index is 0.265. The first-order chi connectivity index (χ1) is 11.2. The normalized spacial score (nSPS) is 10.5. The molecule has 8 heteroatoms. The molecule has 0 saturated carbocycles. The lowest BCUT2D eigenvalue weighted by Gasteiger charge is -2.06. The molecular formula is C15H13N3O4S. The Bertz CT molecular complexity index is 805. The quantitative estimate of drug-likeness (QED) is 0.694. The summed E-state index contributed by atoms with van der Waals surface area (Å²) in [5.74, 6) is 2.16. The fourth-order valence-electron chi connectivity index (χ4n) is 1.91. The van der Waals surface area contributed by atoms with Crippen molar-refractivity contribution in [2.75, 3.05) is 14.2 Å². The summed E-state index contributed by atoms with van der Waals surface area (Å²) in [5, 5.41) is 8.01. The fraction of sp³-hybridized carbons (Fsp3) is 0.133. The molecule has 0 aliphatic rings. The van der Waals surface area contributed by atoms with Gasteiger partial charge in [-0.05, 0) is 36.0 Å². The van der Waals surface area contributed by atoms with Gasteiger partial charge in [0.15, 0.2) is 23.0 Å². The molecule has 3 rings (SSSR count). The average Bonchev–Trinajstić information content (AvgIpc) is 3.24. The molecule has 0 amide bonds. The molecule has 3 aromatic rings. The number of ether oxygens (including phenoxy) is 2. The zero-order chi connectivity index (χ0) is 16.2. The Morgan fingerprint density at radius 2 is 1.91 bits per heavy atom. The smallest absolute Gasteiger partial charge is 0.216 e. The molecule has 0 saturated heterocycles. The Hall–Kier alpha value is -2.74. The summed E-state index contributed by atoms with van der Waals surface area (Å²) >= 11 is 1.22. The van der Waals surface area contributed by atoms with Crippen molar-refractivity contribution >= 4 is 18.0 Å². The summed E-state index contributed by atoms with van der Waals surface area (Å²) in [7, 11) is 3.17. The Balaban J connectivity index is 1.85. The Kier molecular flexibility index (Phi) is 4.33. The molecule has 23 heavy (non-hydrogen) atoms.